The zero-order valence-electron chi connectivity index (χ0n) is 21.8. The van der Waals surface area contributed by atoms with Crippen molar-refractivity contribution in [2.24, 2.45) is 11.8 Å². The third kappa shape index (κ3) is 5.04. The van der Waals surface area contributed by atoms with Gasteiger partial charge in [0, 0.05) is 32.7 Å². The zero-order valence-corrected chi connectivity index (χ0v) is 24.9. The largest absolute Gasteiger partial charge is 0.612 e. The Hall–Kier alpha value is -2.94. The van der Waals surface area contributed by atoms with Crippen molar-refractivity contribution in [3.05, 3.63) is 105 Å². The highest BCUT2D eigenvalue weighted by atomic mass is 35.5. The van der Waals surface area contributed by atoms with Crippen LogP contribution in [0.15, 0.2) is 88.8 Å². The molecule has 1 fully saturated rings. The van der Waals surface area contributed by atoms with Gasteiger partial charge in [0.15, 0.2) is 4.90 Å². The van der Waals surface area contributed by atoms with Crippen LogP contribution in [0.4, 0.5) is 5.69 Å². The average molecular weight is 628 g/mol. The highest BCUT2D eigenvalue weighted by Crippen LogP contribution is 2.58. The summed E-state index contributed by atoms with van der Waals surface area (Å²) in [6.07, 6.45) is 7.96. The number of halogens is 3. The van der Waals surface area contributed by atoms with Crippen LogP contribution in [0.5, 0.6) is 11.5 Å². The van der Waals surface area contributed by atoms with Gasteiger partial charge in [-0.25, -0.2) is 0 Å². The minimum absolute atomic E-state index is 0.123. The van der Waals surface area contributed by atoms with Gasteiger partial charge in [-0.15, -0.1) is 0 Å². The van der Waals surface area contributed by atoms with Gasteiger partial charge < -0.3 is 19.9 Å². The first-order valence-corrected chi connectivity index (χ1v) is 15.7. The van der Waals surface area contributed by atoms with Gasteiger partial charge in [-0.1, -0.05) is 53.0 Å². The van der Waals surface area contributed by atoms with Gasteiger partial charge in [-0.2, -0.15) is 0 Å². The Balaban J connectivity index is 1.53. The number of piperidine rings is 1. The third-order valence-electron chi connectivity index (χ3n) is 8.05. The molecule has 2 heterocycles. The minimum atomic E-state index is -1.22. The molecule has 0 aromatic heterocycles. The van der Waals surface area contributed by atoms with Crippen molar-refractivity contribution in [1.29, 1.82) is 0 Å². The number of carbonyl (C=O) groups excluding carboxylic acids is 2. The van der Waals surface area contributed by atoms with Crippen LogP contribution >= 0.6 is 34.8 Å². The first kappa shape index (κ1) is 28.2. The van der Waals surface area contributed by atoms with Crippen LogP contribution in [0.3, 0.4) is 0 Å². The Kier molecular flexibility index (Phi) is 7.59. The molecule has 2 N–H and O–H groups in total. The van der Waals surface area contributed by atoms with Gasteiger partial charge in [-0.05, 0) is 95.7 Å². The first-order chi connectivity index (χ1) is 19.7. The lowest BCUT2D eigenvalue weighted by Gasteiger charge is -2.49. The quantitative estimate of drug-likeness (QED) is 0.291. The van der Waals surface area contributed by atoms with Crippen molar-refractivity contribution in [1.82, 2.24) is 5.32 Å². The van der Waals surface area contributed by atoms with Crippen molar-refractivity contribution in [2.45, 2.75) is 29.2 Å². The molecule has 2 aliphatic heterocycles. The van der Waals surface area contributed by atoms with Gasteiger partial charge in [0.2, 0.25) is 11.8 Å². The summed E-state index contributed by atoms with van der Waals surface area (Å²) in [6, 6.07) is 16.6. The predicted molar refractivity (Wildman–Crippen MR) is 162 cm³/mol. The second-order valence-corrected chi connectivity index (χ2v) is 13.1. The van der Waals surface area contributed by atoms with Crippen molar-refractivity contribution in [2.75, 3.05) is 11.6 Å². The lowest BCUT2D eigenvalue weighted by molar-refractivity contribution is -0.135. The number of rotatable bonds is 5. The second kappa shape index (κ2) is 11.0. The average Bonchev–Trinajstić information content (AvgIpc) is 3.22. The molecule has 3 aromatic rings. The van der Waals surface area contributed by atoms with E-state index in [1.54, 1.807) is 60.9 Å². The number of nitrogens with one attached hydrogen (secondary N) is 2. The van der Waals surface area contributed by atoms with Crippen molar-refractivity contribution in [3.63, 3.8) is 0 Å². The standard InChI is InChI=1S/C31H25Cl3N2O4S/c1-41(39)22-9-7-21(8-10-22)40-27-12-6-19(33)14-23(27)29-31(24-11-5-20(34)15-26(24)35-30(31)38)25(16-28(37)36-29)17-3-2-4-18(32)13-17/h2-12,14-15,17,25,29H,13,16H2,1H3,(H,35,38)(H,36,37)/t17?,25-,29-,31-,41?/m0/s1. The fourth-order valence-electron chi connectivity index (χ4n) is 6.31. The minimum Gasteiger partial charge on any atom is -0.612 e. The number of carbonyl (C=O) groups is 2. The smallest absolute Gasteiger partial charge is 0.237 e. The Morgan fingerprint density at radius 1 is 0.976 bits per heavy atom. The van der Waals surface area contributed by atoms with Crippen LogP contribution in [0.2, 0.25) is 10.0 Å². The van der Waals surface area contributed by atoms with Crippen LogP contribution in [-0.2, 0) is 26.2 Å². The summed E-state index contributed by atoms with van der Waals surface area (Å²) < 4.78 is 18.2. The van der Waals surface area contributed by atoms with Gasteiger partial charge in [0.1, 0.15) is 23.2 Å². The molecule has 6 rings (SSSR count). The molecule has 0 radical (unpaired) electrons. The van der Waals surface area contributed by atoms with Crippen LogP contribution in [-0.4, -0.2) is 22.6 Å². The molecule has 0 saturated carbocycles. The van der Waals surface area contributed by atoms with Crippen molar-refractivity contribution >= 4 is 63.5 Å². The van der Waals surface area contributed by atoms with E-state index < -0.39 is 28.6 Å². The molecule has 3 aromatic carbocycles. The lowest BCUT2D eigenvalue weighted by atomic mass is 9.57. The molecule has 0 bridgehead atoms. The number of allylic oxidation sites excluding steroid dienone is 4. The summed E-state index contributed by atoms with van der Waals surface area (Å²) in [5, 5.41) is 7.74. The van der Waals surface area contributed by atoms with E-state index in [1.165, 1.54) is 0 Å². The number of fused-ring (bicyclic) bond motifs is 2. The predicted octanol–water partition coefficient (Wildman–Crippen LogP) is 7.29. The van der Waals surface area contributed by atoms with Crippen LogP contribution in [0.25, 0.3) is 0 Å². The molecule has 10 heteroatoms. The third-order valence-corrected chi connectivity index (χ3v) is 9.74. The second-order valence-electron chi connectivity index (χ2n) is 10.4. The fraction of sp³-hybridized carbons (Fsp3) is 0.226. The number of benzene rings is 3. The molecular weight excluding hydrogens is 603 g/mol. The van der Waals surface area contributed by atoms with Gasteiger partial charge >= 0.3 is 0 Å². The summed E-state index contributed by atoms with van der Waals surface area (Å²) in [7, 11) is 0. The lowest BCUT2D eigenvalue weighted by Crippen LogP contribution is -2.59. The maximum absolute atomic E-state index is 14.3. The SMILES string of the molecule is C[S+]([O-])c1ccc(Oc2ccc(Cl)cc2[C@@H]2NC(=O)C[C@@H](C3C=CC=C(Cl)C3)[C@]23C(=O)Nc2cc(Cl)ccc23)cc1. The van der Waals surface area contributed by atoms with Gasteiger partial charge in [-0.3, -0.25) is 9.59 Å². The van der Waals surface area contributed by atoms with Crippen LogP contribution in [0, 0.1) is 11.8 Å². The molecular formula is C31H25Cl3N2O4S. The highest BCUT2D eigenvalue weighted by molar-refractivity contribution is 7.90. The molecule has 6 nitrogen and oxygen atoms in total. The number of ether oxygens (including phenoxy) is 1. The highest BCUT2D eigenvalue weighted by Gasteiger charge is 2.62. The number of hydrogen-bond donors (Lipinski definition) is 2. The molecule has 3 aliphatic rings. The summed E-state index contributed by atoms with van der Waals surface area (Å²) in [5.41, 5.74) is 0.672. The topological polar surface area (TPSA) is 90.5 Å². The monoisotopic (exact) mass is 626 g/mol. The van der Waals surface area contributed by atoms with Crippen molar-refractivity contribution < 1.29 is 18.9 Å². The fourth-order valence-corrected chi connectivity index (χ4v) is 7.43. The van der Waals surface area contributed by atoms with E-state index in [1.807, 2.05) is 24.3 Å². The molecule has 1 spiro atoms. The van der Waals surface area contributed by atoms with Gasteiger partial charge in [0.25, 0.3) is 0 Å². The van der Waals surface area contributed by atoms with Gasteiger partial charge in [0.05, 0.1) is 6.04 Å². The normalized spacial score (nSPS) is 25.8. The van der Waals surface area contributed by atoms with Crippen molar-refractivity contribution in [3.8, 4) is 11.5 Å². The molecule has 1 aliphatic carbocycles. The molecule has 2 unspecified atom stereocenters. The summed E-state index contributed by atoms with van der Waals surface area (Å²) >= 11 is 18.2. The molecule has 210 valence electrons. The van der Waals surface area contributed by atoms with Crippen LogP contribution in [0.1, 0.15) is 30.0 Å². The summed E-state index contributed by atoms with van der Waals surface area (Å²) in [4.78, 5) is 28.4. The summed E-state index contributed by atoms with van der Waals surface area (Å²) in [6.45, 7) is 0. The maximum Gasteiger partial charge on any atom is 0.237 e. The van der Waals surface area contributed by atoms with E-state index in [0.717, 1.165) is 5.56 Å². The van der Waals surface area contributed by atoms with Crippen LogP contribution < -0.4 is 15.4 Å². The Morgan fingerprint density at radius 3 is 2.44 bits per heavy atom. The molecule has 2 amide bonds. The zero-order chi connectivity index (χ0) is 28.9. The first-order valence-electron chi connectivity index (χ1n) is 13.0. The van der Waals surface area contributed by atoms with E-state index in [9.17, 15) is 14.1 Å². The van der Waals surface area contributed by atoms with E-state index >= 15 is 0 Å². The molecule has 41 heavy (non-hydrogen) atoms. The molecule has 5 atom stereocenters. The maximum atomic E-state index is 14.3. The van der Waals surface area contributed by atoms with E-state index in [2.05, 4.69) is 10.6 Å². The number of hydrogen-bond acceptors (Lipinski definition) is 4. The Morgan fingerprint density at radius 2 is 1.71 bits per heavy atom. The Labute approximate surface area is 255 Å². The van der Waals surface area contributed by atoms with E-state index in [0.29, 0.717) is 49.1 Å². The summed E-state index contributed by atoms with van der Waals surface area (Å²) in [5.74, 6) is -0.124. The van der Waals surface area contributed by atoms with E-state index in [-0.39, 0.29) is 24.2 Å². The van der Waals surface area contributed by atoms with E-state index in [4.69, 9.17) is 39.5 Å². The molecule has 1 saturated heterocycles. The number of anilines is 1. The number of amides is 2. The Bertz CT molecular complexity index is 1610.